The van der Waals surface area contributed by atoms with Crippen molar-refractivity contribution >= 4 is 22.5 Å². The highest BCUT2D eigenvalue weighted by Crippen LogP contribution is 2.39. The van der Waals surface area contributed by atoms with Crippen molar-refractivity contribution in [2.75, 3.05) is 0 Å². The quantitative estimate of drug-likeness (QED) is 0.758. The Kier molecular flexibility index (Phi) is 2.79. The average molecular weight is 246 g/mol. The van der Waals surface area contributed by atoms with Crippen molar-refractivity contribution in [1.29, 1.82) is 0 Å². The fourth-order valence-corrected chi connectivity index (χ4v) is 2.73. The van der Waals surface area contributed by atoms with E-state index in [4.69, 9.17) is 11.6 Å². The van der Waals surface area contributed by atoms with E-state index in [-0.39, 0.29) is 0 Å². The summed E-state index contributed by atoms with van der Waals surface area (Å²) in [5, 5.41) is 1.93. The van der Waals surface area contributed by atoms with Crippen molar-refractivity contribution in [2.24, 2.45) is 5.92 Å². The van der Waals surface area contributed by atoms with E-state index in [0.717, 1.165) is 21.8 Å². The molecule has 2 aromatic rings. The smallest absolute Gasteiger partial charge is 0.0888 e. The molecule has 3 rings (SSSR count). The van der Waals surface area contributed by atoms with E-state index in [1.54, 1.807) is 6.20 Å². The molecule has 0 bridgehead atoms. The summed E-state index contributed by atoms with van der Waals surface area (Å²) >= 11 is 6.30. The maximum atomic E-state index is 6.30. The number of benzene rings is 1. The second-order valence-corrected chi connectivity index (χ2v) is 5.57. The lowest BCUT2D eigenvalue weighted by atomic mass is 9.94. The lowest BCUT2D eigenvalue weighted by molar-refractivity contribution is 0.620. The SMILES string of the molecule is CC(CC1CC1)c1cc(Cl)c2ncccc2c1. The van der Waals surface area contributed by atoms with Gasteiger partial charge in [-0.15, -0.1) is 0 Å². The predicted molar refractivity (Wildman–Crippen MR) is 72.5 cm³/mol. The summed E-state index contributed by atoms with van der Waals surface area (Å²) in [7, 11) is 0. The summed E-state index contributed by atoms with van der Waals surface area (Å²) in [5.41, 5.74) is 2.26. The molecule has 1 aliphatic carbocycles. The molecule has 17 heavy (non-hydrogen) atoms. The van der Waals surface area contributed by atoms with Crippen LogP contribution in [0.15, 0.2) is 30.5 Å². The third-order valence-corrected chi connectivity index (χ3v) is 3.92. The second-order valence-electron chi connectivity index (χ2n) is 5.16. The number of fused-ring (bicyclic) bond motifs is 1. The summed E-state index contributed by atoms with van der Waals surface area (Å²) in [6.07, 6.45) is 5.91. The molecule has 1 unspecified atom stereocenters. The minimum atomic E-state index is 0.601. The van der Waals surface area contributed by atoms with Crippen molar-refractivity contribution in [2.45, 2.75) is 32.1 Å². The van der Waals surface area contributed by atoms with Gasteiger partial charge in [-0.1, -0.05) is 37.4 Å². The van der Waals surface area contributed by atoms with Crippen molar-refractivity contribution < 1.29 is 0 Å². The van der Waals surface area contributed by atoms with Crippen LogP contribution in [0.1, 0.15) is 37.7 Å². The Labute approximate surface area is 107 Å². The van der Waals surface area contributed by atoms with Gasteiger partial charge in [-0.05, 0) is 42.0 Å². The molecule has 0 radical (unpaired) electrons. The Bertz CT molecular complexity index is 546. The van der Waals surface area contributed by atoms with Gasteiger partial charge in [0.05, 0.1) is 10.5 Å². The van der Waals surface area contributed by atoms with Gasteiger partial charge in [0.2, 0.25) is 0 Å². The highest BCUT2D eigenvalue weighted by molar-refractivity contribution is 6.35. The van der Waals surface area contributed by atoms with Crippen LogP contribution in [-0.2, 0) is 0 Å². The molecular formula is C15H16ClN. The van der Waals surface area contributed by atoms with Gasteiger partial charge in [0.15, 0.2) is 0 Å². The first-order chi connectivity index (χ1) is 8.24. The molecule has 0 aliphatic heterocycles. The third kappa shape index (κ3) is 2.30. The molecule has 0 amide bonds. The highest BCUT2D eigenvalue weighted by Gasteiger charge is 2.24. The fraction of sp³-hybridized carbons (Fsp3) is 0.400. The summed E-state index contributed by atoms with van der Waals surface area (Å²) < 4.78 is 0. The average Bonchev–Trinajstić information content (AvgIpc) is 3.13. The summed E-state index contributed by atoms with van der Waals surface area (Å²) in [4.78, 5) is 4.32. The van der Waals surface area contributed by atoms with Crippen LogP contribution in [0.2, 0.25) is 5.02 Å². The van der Waals surface area contributed by atoms with Crippen LogP contribution in [-0.4, -0.2) is 4.98 Å². The van der Waals surface area contributed by atoms with Gasteiger partial charge >= 0.3 is 0 Å². The van der Waals surface area contributed by atoms with Crippen molar-refractivity contribution in [1.82, 2.24) is 4.98 Å². The zero-order chi connectivity index (χ0) is 11.8. The van der Waals surface area contributed by atoms with Crippen LogP contribution in [0, 0.1) is 5.92 Å². The Hall–Kier alpha value is -1.08. The van der Waals surface area contributed by atoms with Crippen LogP contribution >= 0.6 is 11.6 Å². The number of hydrogen-bond donors (Lipinski definition) is 0. The maximum absolute atomic E-state index is 6.30. The first kappa shape index (κ1) is 11.0. The van der Waals surface area contributed by atoms with Gasteiger partial charge < -0.3 is 0 Å². The lowest BCUT2D eigenvalue weighted by Gasteiger charge is -2.13. The topological polar surface area (TPSA) is 12.9 Å². The summed E-state index contributed by atoms with van der Waals surface area (Å²) in [6, 6.07) is 8.38. The molecule has 88 valence electrons. The lowest BCUT2D eigenvalue weighted by Crippen LogP contribution is -1.95. The number of nitrogens with zero attached hydrogens (tertiary/aromatic N) is 1. The van der Waals surface area contributed by atoms with E-state index < -0.39 is 0 Å². The fourth-order valence-electron chi connectivity index (χ4n) is 2.44. The first-order valence-electron chi connectivity index (χ1n) is 6.28. The van der Waals surface area contributed by atoms with Crippen LogP contribution in [0.3, 0.4) is 0 Å². The molecule has 1 aliphatic rings. The molecule has 0 saturated heterocycles. The van der Waals surface area contributed by atoms with Crippen LogP contribution < -0.4 is 0 Å². The zero-order valence-corrected chi connectivity index (χ0v) is 10.7. The van der Waals surface area contributed by atoms with Gasteiger partial charge in [0.1, 0.15) is 0 Å². The number of hydrogen-bond acceptors (Lipinski definition) is 1. The monoisotopic (exact) mass is 245 g/mol. The Morgan fingerprint density at radius 3 is 3.00 bits per heavy atom. The number of rotatable bonds is 3. The molecule has 1 nitrogen and oxygen atoms in total. The summed E-state index contributed by atoms with van der Waals surface area (Å²) in [6.45, 7) is 2.30. The minimum Gasteiger partial charge on any atom is -0.255 e. The molecule has 1 aromatic heterocycles. The Balaban J connectivity index is 1.98. The Morgan fingerprint density at radius 1 is 1.41 bits per heavy atom. The maximum Gasteiger partial charge on any atom is 0.0888 e. The van der Waals surface area contributed by atoms with E-state index in [1.165, 1.54) is 24.8 Å². The predicted octanol–water partition coefficient (Wildman–Crippen LogP) is 4.79. The molecule has 1 heterocycles. The molecule has 1 saturated carbocycles. The van der Waals surface area contributed by atoms with Crippen LogP contribution in [0.5, 0.6) is 0 Å². The normalized spacial score (nSPS) is 17.3. The van der Waals surface area contributed by atoms with Crippen molar-refractivity contribution in [3.8, 4) is 0 Å². The second kappa shape index (κ2) is 4.30. The molecule has 0 spiro atoms. The van der Waals surface area contributed by atoms with E-state index in [2.05, 4.69) is 30.1 Å². The number of pyridine rings is 1. The Morgan fingerprint density at radius 2 is 2.24 bits per heavy atom. The van der Waals surface area contributed by atoms with Crippen LogP contribution in [0.4, 0.5) is 0 Å². The molecular weight excluding hydrogens is 230 g/mol. The van der Waals surface area contributed by atoms with Crippen LogP contribution in [0.25, 0.3) is 10.9 Å². The van der Waals surface area contributed by atoms with Gasteiger partial charge in [-0.25, -0.2) is 0 Å². The van der Waals surface area contributed by atoms with Crippen molar-refractivity contribution in [3.63, 3.8) is 0 Å². The highest BCUT2D eigenvalue weighted by atomic mass is 35.5. The van der Waals surface area contributed by atoms with E-state index in [1.807, 2.05) is 6.07 Å². The first-order valence-corrected chi connectivity index (χ1v) is 6.66. The van der Waals surface area contributed by atoms with E-state index in [0.29, 0.717) is 5.92 Å². The molecule has 2 heteroatoms. The van der Waals surface area contributed by atoms with Gasteiger partial charge in [0, 0.05) is 11.6 Å². The van der Waals surface area contributed by atoms with E-state index in [9.17, 15) is 0 Å². The zero-order valence-electron chi connectivity index (χ0n) is 9.99. The summed E-state index contributed by atoms with van der Waals surface area (Å²) in [5.74, 6) is 1.55. The number of halogens is 1. The molecule has 1 aromatic carbocycles. The number of aromatic nitrogens is 1. The molecule has 0 N–H and O–H groups in total. The third-order valence-electron chi connectivity index (χ3n) is 3.63. The standard InChI is InChI=1S/C15H16ClN/c1-10(7-11-4-5-11)13-8-12-3-2-6-17-15(12)14(16)9-13/h2-3,6,8-11H,4-5,7H2,1H3. The van der Waals surface area contributed by atoms with Crippen molar-refractivity contribution in [3.05, 3.63) is 41.0 Å². The van der Waals surface area contributed by atoms with Gasteiger partial charge in [0.25, 0.3) is 0 Å². The van der Waals surface area contributed by atoms with Gasteiger partial charge in [-0.2, -0.15) is 0 Å². The van der Waals surface area contributed by atoms with Gasteiger partial charge in [-0.3, -0.25) is 4.98 Å². The molecule has 1 atom stereocenters. The largest absolute Gasteiger partial charge is 0.255 e. The minimum absolute atomic E-state index is 0.601. The van der Waals surface area contributed by atoms with E-state index >= 15 is 0 Å². The molecule has 1 fully saturated rings.